The number of hydrogen-bond donors (Lipinski definition) is 0. The van der Waals surface area contributed by atoms with Gasteiger partial charge in [0.2, 0.25) is 0 Å². The molecule has 1 aliphatic rings. The Morgan fingerprint density at radius 3 is 2.83 bits per heavy atom. The monoisotopic (exact) mass is 363 g/mol. The van der Waals surface area contributed by atoms with Crippen LogP contribution in [0.15, 0.2) is 24.0 Å². The first-order valence-corrected chi connectivity index (χ1v) is 10.3. The molecular weight excluding hydrogens is 346 g/mol. The molecule has 3 aromatic rings. The van der Waals surface area contributed by atoms with Crippen molar-refractivity contribution in [3.8, 4) is 17.1 Å². The molecule has 4 rings (SSSR count). The van der Waals surface area contributed by atoms with Crippen molar-refractivity contribution in [2.75, 3.05) is 11.5 Å². The average Bonchev–Trinajstić information content (AvgIpc) is 3.25. The van der Waals surface area contributed by atoms with Gasteiger partial charge in [-0.05, 0) is 31.8 Å². The van der Waals surface area contributed by atoms with Gasteiger partial charge in [0.25, 0.3) is 0 Å². The van der Waals surface area contributed by atoms with Crippen LogP contribution >= 0.6 is 11.5 Å². The third-order valence-electron chi connectivity index (χ3n) is 4.41. The largest absolute Gasteiger partial charge is 0.296 e. The maximum absolute atomic E-state index is 11.8. The van der Waals surface area contributed by atoms with E-state index in [4.69, 9.17) is 0 Å². The molecule has 0 bridgehead atoms. The van der Waals surface area contributed by atoms with Crippen molar-refractivity contribution in [3.63, 3.8) is 0 Å². The highest BCUT2D eigenvalue weighted by molar-refractivity contribution is 7.91. The van der Waals surface area contributed by atoms with Crippen LogP contribution in [-0.2, 0) is 9.84 Å². The summed E-state index contributed by atoms with van der Waals surface area (Å²) in [5.74, 6) is 1.22. The number of aryl methyl sites for hydroxylation is 1. The number of nitrogens with zero attached hydrogens (tertiary/aromatic N) is 5. The Hall–Kier alpha value is -2.00. The standard InChI is InChI=1S/C15H17N5O2S2/c1-10-14(19-5-4-16-15(19)12-7-17-23-8-12)11(2)20(18-10)13-3-6-24(21,22)9-13/h4-5,7-8,13H,3,6,9H2,1-2H3. The molecule has 24 heavy (non-hydrogen) atoms. The minimum Gasteiger partial charge on any atom is -0.296 e. The van der Waals surface area contributed by atoms with Crippen LogP contribution < -0.4 is 0 Å². The van der Waals surface area contributed by atoms with Gasteiger partial charge >= 0.3 is 0 Å². The molecule has 1 fully saturated rings. The van der Waals surface area contributed by atoms with Crippen LogP contribution in [0, 0.1) is 13.8 Å². The molecule has 1 aliphatic heterocycles. The molecule has 0 N–H and O–H groups in total. The van der Waals surface area contributed by atoms with Gasteiger partial charge in [-0.25, -0.2) is 17.8 Å². The second kappa shape index (κ2) is 5.52. The Balaban J connectivity index is 1.80. The normalized spacial score (nSPS) is 19.8. The first kappa shape index (κ1) is 15.5. The zero-order valence-corrected chi connectivity index (χ0v) is 15.0. The van der Waals surface area contributed by atoms with E-state index in [2.05, 4.69) is 14.5 Å². The molecule has 1 saturated heterocycles. The lowest BCUT2D eigenvalue weighted by Gasteiger charge is -2.12. The molecule has 0 aromatic carbocycles. The Bertz CT molecular complexity index is 985. The van der Waals surface area contributed by atoms with Crippen LogP contribution in [0.3, 0.4) is 0 Å². The molecule has 1 atom stereocenters. The number of sulfone groups is 1. The molecule has 0 saturated carbocycles. The van der Waals surface area contributed by atoms with Crippen molar-refractivity contribution in [2.45, 2.75) is 26.3 Å². The summed E-state index contributed by atoms with van der Waals surface area (Å²) in [5.41, 5.74) is 3.73. The summed E-state index contributed by atoms with van der Waals surface area (Å²) < 4.78 is 31.6. The summed E-state index contributed by atoms with van der Waals surface area (Å²) in [4.78, 5) is 4.44. The fourth-order valence-electron chi connectivity index (χ4n) is 3.34. The van der Waals surface area contributed by atoms with Crippen molar-refractivity contribution in [1.29, 1.82) is 0 Å². The molecule has 9 heteroatoms. The number of hydrogen-bond acceptors (Lipinski definition) is 6. The third kappa shape index (κ3) is 2.48. The Morgan fingerprint density at radius 1 is 1.33 bits per heavy atom. The molecule has 126 valence electrons. The first-order chi connectivity index (χ1) is 11.5. The van der Waals surface area contributed by atoms with E-state index in [-0.39, 0.29) is 17.5 Å². The maximum atomic E-state index is 11.8. The van der Waals surface area contributed by atoms with Gasteiger partial charge in [0, 0.05) is 23.3 Å². The molecule has 3 aromatic heterocycles. The summed E-state index contributed by atoms with van der Waals surface area (Å²) in [6.07, 6.45) is 6.07. The molecule has 0 spiro atoms. The second-order valence-electron chi connectivity index (χ2n) is 6.05. The van der Waals surface area contributed by atoms with E-state index in [0.29, 0.717) is 6.42 Å². The van der Waals surface area contributed by atoms with Crippen LogP contribution in [0.2, 0.25) is 0 Å². The zero-order valence-electron chi connectivity index (χ0n) is 13.4. The van der Waals surface area contributed by atoms with E-state index in [1.54, 1.807) is 12.4 Å². The minimum atomic E-state index is -2.95. The zero-order chi connectivity index (χ0) is 16.9. The SMILES string of the molecule is Cc1nn(C2CCS(=O)(=O)C2)c(C)c1-n1ccnc1-c1cnsc1. The van der Waals surface area contributed by atoms with Crippen molar-refractivity contribution in [3.05, 3.63) is 35.4 Å². The lowest BCUT2D eigenvalue weighted by Crippen LogP contribution is -2.14. The van der Waals surface area contributed by atoms with Crippen LogP contribution in [0.25, 0.3) is 17.1 Å². The highest BCUT2D eigenvalue weighted by Crippen LogP contribution is 2.30. The van der Waals surface area contributed by atoms with Gasteiger partial charge in [0.05, 0.1) is 40.8 Å². The highest BCUT2D eigenvalue weighted by atomic mass is 32.2. The van der Waals surface area contributed by atoms with Crippen LogP contribution in [0.1, 0.15) is 23.9 Å². The molecule has 1 unspecified atom stereocenters. The quantitative estimate of drug-likeness (QED) is 0.712. The van der Waals surface area contributed by atoms with E-state index >= 15 is 0 Å². The third-order valence-corrected chi connectivity index (χ3v) is 6.75. The van der Waals surface area contributed by atoms with Gasteiger partial charge in [0.15, 0.2) is 9.84 Å². The topological polar surface area (TPSA) is 82.7 Å². The van der Waals surface area contributed by atoms with Gasteiger partial charge in [0.1, 0.15) is 5.82 Å². The second-order valence-corrected chi connectivity index (χ2v) is 8.94. The molecule has 7 nitrogen and oxygen atoms in total. The molecule has 4 heterocycles. The lowest BCUT2D eigenvalue weighted by molar-refractivity contribution is 0.486. The van der Waals surface area contributed by atoms with Crippen molar-refractivity contribution in [1.82, 2.24) is 23.7 Å². The van der Waals surface area contributed by atoms with Crippen LogP contribution in [-0.4, -0.2) is 43.6 Å². The summed E-state index contributed by atoms with van der Waals surface area (Å²) in [7, 11) is -2.95. The van der Waals surface area contributed by atoms with Crippen molar-refractivity contribution >= 4 is 21.4 Å². The lowest BCUT2D eigenvalue weighted by atomic mass is 10.2. The van der Waals surface area contributed by atoms with E-state index in [1.807, 2.05) is 34.7 Å². The molecule has 0 aliphatic carbocycles. The van der Waals surface area contributed by atoms with Crippen molar-refractivity contribution < 1.29 is 8.42 Å². The Kier molecular flexibility index (Phi) is 3.57. The van der Waals surface area contributed by atoms with Gasteiger partial charge < -0.3 is 0 Å². The van der Waals surface area contributed by atoms with Crippen LogP contribution in [0.5, 0.6) is 0 Å². The summed E-state index contributed by atoms with van der Waals surface area (Å²) in [6.45, 7) is 3.92. The highest BCUT2D eigenvalue weighted by Gasteiger charge is 2.32. The molecular formula is C15H17N5O2S2. The molecule has 0 radical (unpaired) electrons. The van der Waals surface area contributed by atoms with E-state index in [9.17, 15) is 8.42 Å². The van der Waals surface area contributed by atoms with E-state index in [1.165, 1.54) is 11.5 Å². The predicted octanol–water partition coefficient (Wildman–Crippen LogP) is 2.17. The Labute approximate surface area is 144 Å². The minimum absolute atomic E-state index is 0.0859. The fourth-order valence-corrected chi connectivity index (χ4v) is 5.55. The van der Waals surface area contributed by atoms with Gasteiger partial charge in [-0.15, -0.1) is 0 Å². The number of imidazole rings is 1. The molecule has 0 amide bonds. The van der Waals surface area contributed by atoms with E-state index in [0.717, 1.165) is 28.5 Å². The van der Waals surface area contributed by atoms with Crippen molar-refractivity contribution in [2.24, 2.45) is 0 Å². The van der Waals surface area contributed by atoms with Gasteiger partial charge in [-0.3, -0.25) is 9.25 Å². The maximum Gasteiger partial charge on any atom is 0.152 e. The first-order valence-electron chi connectivity index (χ1n) is 7.66. The predicted molar refractivity (Wildman–Crippen MR) is 92.2 cm³/mol. The van der Waals surface area contributed by atoms with Gasteiger partial charge in [-0.1, -0.05) is 0 Å². The Morgan fingerprint density at radius 2 is 2.17 bits per heavy atom. The summed E-state index contributed by atoms with van der Waals surface area (Å²) in [5, 5.41) is 6.58. The summed E-state index contributed by atoms with van der Waals surface area (Å²) >= 11 is 1.38. The number of rotatable bonds is 3. The fraction of sp³-hybridized carbons (Fsp3) is 0.400. The summed E-state index contributed by atoms with van der Waals surface area (Å²) in [6, 6.07) is -0.0859. The number of aromatic nitrogens is 5. The van der Waals surface area contributed by atoms with Crippen LogP contribution in [0.4, 0.5) is 0 Å². The average molecular weight is 363 g/mol. The van der Waals surface area contributed by atoms with E-state index < -0.39 is 9.84 Å². The van der Waals surface area contributed by atoms with Gasteiger partial charge in [-0.2, -0.15) is 5.10 Å². The smallest absolute Gasteiger partial charge is 0.152 e.